The topological polar surface area (TPSA) is 131 Å². The monoisotopic (exact) mass is 455 g/mol. The molecule has 172 valence electrons. The fourth-order valence-electron chi connectivity index (χ4n) is 4.04. The van der Waals surface area contributed by atoms with E-state index in [1.807, 2.05) is 50.5 Å². The maximum Gasteiger partial charge on any atom is 0.209 e. The fraction of sp³-hybridized carbons (Fsp3) is 0.280. The molecule has 9 nitrogen and oxygen atoms in total. The van der Waals surface area contributed by atoms with Crippen LogP contribution in [0.1, 0.15) is 36.7 Å². The zero-order valence-corrected chi connectivity index (χ0v) is 19.4. The number of nitrogens with zero attached hydrogens (tertiary/aromatic N) is 5. The van der Waals surface area contributed by atoms with Crippen molar-refractivity contribution >= 4 is 11.6 Å². The van der Waals surface area contributed by atoms with Crippen LogP contribution in [0.4, 0.5) is 5.69 Å². The van der Waals surface area contributed by atoms with Crippen LogP contribution in [0.15, 0.2) is 53.5 Å². The van der Waals surface area contributed by atoms with E-state index < -0.39 is 17.7 Å². The lowest BCUT2D eigenvalue weighted by molar-refractivity contribution is -0.0567. The number of guanidine groups is 1. The fourth-order valence-corrected chi connectivity index (χ4v) is 4.04. The number of aliphatic hydroxyl groups excluding tert-OH is 1. The van der Waals surface area contributed by atoms with Crippen molar-refractivity contribution in [2.24, 2.45) is 12.0 Å². The lowest BCUT2D eigenvalue weighted by atomic mass is 9.86. The Morgan fingerprint density at radius 2 is 2.00 bits per heavy atom. The van der Waals surface area contributed by atoms with Gasteiger partial charge in [-0.3, -0.25) is 10.00 Å². The quantitative estimate of drug-likeness (QED) is 0.239. The number of nitrogens with one attached hydrogen (secondary N) is 2. The molecule has 0 fully saturated rings. The molecule has 0 bridgehead atoms. The van der Waals surface area contributed by atoms with Crippen LogP contribution in [-0.2, 0) is 7.05 Å². The van der Waals surface area contributed by atoms with Gasteiger partial charge in [-0.2, -0.15) is 15.6 Å². The molecule has 1 aromatic heterocycles. The lowest BCUT2D eigenvalue weighted by Gasteiger charge is -2.40. The predicted molar refractivity (Wildman–Crippen MR) is 128 cm³/mol. The van der Waals surface area contributed by atoms with E-state index in [1.54, 1.807) is 36.7 Å². The summed E-state index contributed by atoms with van der Waals surface area (Å²) >= 11 is 0. The van der Waals surface area contributed by atoms with E-state index in [0.717, 1.165) is 17.0 Å². The Morgan fingerprint density at radius 3 is 2.68 bits per heavy atom. The number of aliphatic imine (C=N–C) groups is 1. The molecule has 9 heteroatoms. The third-order valence-electron chi connectivity index (χ3n) is 5.71. The Balaban J connectivity index is 1.72. The van der Waals surface area contributed by atoms with Crippen molar-refractivity contribution in [3.05, 3.63) is 65.4 Å². The van der Waals surface area contributed by atoms with Crippen LogP contribution in [-0.4, -0.2) is 32.6 Å². The predicted octanol–water partition coefficient (Wildman–Crippen LogP) is 3.38. The Labute approximate surface area is 197 Å². The summed E-state index contributed by atoms with van der Waals surface area (Å²) in [6.07, 6.45) is 0.877. The molecule has 1 aliphatic heterocycles. The van der Waals surface area contributed by atoms with E-state index in [2.05, 4.69) is 26.8 Å². The highest BCUT2D eigenvalue weighted by Crippen LogP contribution is 2.42. The van der Waals surface area contributed by atoms with Crippen LogP contribution in [0.5, 0.6) is 5.75 Å². The van der Waals surface area contributed by atoms with Crippen molar-refractivity contribution in [1.82, 2.24) is 15.1 Å². The van der Waals surface area contributed by atoms with E-state index in [-0.39, 0.29) is 5.96 Å². The summed E-state index contributed by atoms with van der Waals surface area (Å²) in [5.74, 6) is 0.698. The maximum atomic E-state index is 11.1. The summed E-state index contributed by atoms with van der Waals surface area (Å²) in [6, 6.07) is 16.0. The Morgan fingerprint density at radius 1 is 1.21 bits per heavy atom. The standard InChI is InChI=1S/C25H25N7O2/c1-15-10-20(32(4)31-15)17-6-5-7-18(12-17)29-24(28-14-27)30-22-19-11-16(13-26)8-9-21(19)34-25(2,3)23(22)33/h5-12,22-23,33H,1-4H3,(H2,28,29,30)/t22-,23+/m1/s1. The average Bonchev–Trinajstić information content (AvgIpc) is 3.14. The van der Waals surface area contributed by atoms with Gasteiger partial charge in [0.1, 0.15) is 23.5 Å². The van der Waals surface area contributed by atoms with Crippen LogP contribution in [0.25, 0.3) is 11.3 Å². The normalized spacial score (nSPS) is 18.7. The molecule has 2 aromatic carbocycles. The Hall–Kier alpha value is -4.34. The second kappa shape index (κ2) is 8.89. The van der Waals surface area contributed by atoms with Crippen molar-refractivity contribution in [2.45, 2.75) is 38.5 Å². The first kappa shape index (κ1) is 22.8. The third kappa shape index (κ3) is 4.42. The first-order valence-electron chi connectivity index (χ1n) is 10.7. The van der Waals surface area contributed by atoms with Gasteiger partial charge in [-0.05, 0) is 57.2 Å². The van der Waals surface area contributed by atoms with Gasteiger partial charge < -0.3 is 15.2 Å². The van der Waals surface area contributed by atoms with Crippen molar-refractivity contribution in [3.8, 4) is 29.3 Å². The first-order valence-corrected chi connectivity index (χ1v) is 10.7. The maximum absolute atomic E-state index is 11.1. The molecule has 2 atom stereocenters. The van der Waals surface area contributed by atoms with Crippen molar-refractivity contribution in [1.29, 1.82) is 10.5 Å². The van der Waals surface area contributed by atoms with Gasteiger partial charge in [0.2, 0.25) is 5.96 Å². The van der Waals surface area contributed by atoms with Gasteiger partial charge in [-0.15, -0.1) is 0 Å². The second-order valence-corrected chi connectivity index (χ2v) is 8.67. The van der Waals surface area contributed by atoms with Gasteiger partial charge in [0, 0.05) is 23.9 Å². The van der Waals surface area contributed by atoms with E-state index in [1.165, 1.54) is 0 Å². The molecule has 3 N–H and O–H groups in total. The van der Waals surface area contributed by atoms with Gasteiger partial charge in [0.05, 0.1) is 23.0 Å². The van der Waals surface area contributed by atoms with E-state index in [4.69, 9.17) is 4.74 Å². The number of aromatic nitrogens is 2. The van der Waals surface area contributed by atoms with Crippen LogP contribution in [0.2, 0.25) is 0 Å². The van der Waals surface area contributed by atoms with E-state index in [9.17, 15) is 15.6 Å². The van der Waals surface area contributed by atoms with Crippen LogP contribution in [0, 0.1) is 29.7 Å². The minimum atomic E-state index is -1.02. The molecule has 0 spiro atoms. The number of nitriles is 2. The highest BCUT2D eigenvalue weighted by atomic mass is 16.5. The zero-order chi connectivity index (χ0) is 24.5. The van der Waals surface area contributed by atoms with Gasteiger partial charge in [-0.25, -0.2) is 4.99 Å². The third-order valence-corrected chi connectivity index (χ3v) is 5.71. The average molecular weight is 456 g/mol. The minimum absolute atomic E-state index is 0.163. The molecule has 0 saturated heterocycles. The van der Waals surface area contributed by atoms with E-state index >= 15 is 0 Å². The summed E-state index contributed by atoms with van der Waals surface area (Å²) in [7, 11) is 1.88. The summed E-state index contributed by atoms with van der Waals surface area (Å²) in [5, 5.41) is 39.8. The van der Waals surface area contributed by atoms with Crippen LogP contribution < -0.4 is 15.4 Å². The molecule has 0 saturated carbocycles. The molecule has 0 aliphatic carbocycles. The molecule has 3 aromatic rings. The SMILES string of the molecule is Cc1cc(-c2cccc(NC(=N[C@@H]3c4cc(C#N)ccc4OC(C)(C)[C@H]3O)NC#N)c2)n(C)n1. The summed E-state index contributed by atoms with van der Waals surface area (Å²) < 4.78 is 7.76. The lowest BCUT2D eigenvalue weighted by Crippen LogP contribution is -2.49. The summed E-state index contributed by atoms with van der Waals surface area (Å²) in [5.41, 5.74) is 3.58. The molecule has 0 amide bonds. The summed E-state index contributed by atoms with van der Waals surface area (Å²) in [4.78, 5) is 4.65. The molecule has 0 radical (unpaired) electrons. The number of rotatable bonds is 3. The second-order valence-electron chi connectivity index (χ2n) is 8.67. The molecule has 2 heterocycles. The van der Waals surface area contributed by atoms with Gasteiger partial charge in [0.25, 0.3) is 0 Å². The van der Waals surface area contributed by atoms with Gasteiger partial charge in [-0.1, -0.05) is 12.1 Å². The molecule has 0 unspecified atom stereocenters. The van der Waals surface area contributed by atoms with Gasteiger partial charge in [0.15, 0.2) is 6.19 Å². The molecular weight excluding hydrogens is 430 g/mol. The molecule has 4 rings (SSSR count). The number of hydrogen-bond donors (Lipinski definition) is 3. The first-order chi connectivity index (χ1) is 16.2. The minimum Gasteiger partial charge on any atom is -0.485 e. The Bertz CT molecular complexity index is 1340. The molecule has 34 heavy (non-hydrogen) atoms. The smallest absolute Gasteiger partial charge is 0.209 e. The highest BCUT2D eigenvalue weighted by Gasteiger charge is 2.43. The highest BCUT2D eigenvalue weighted by molar-refractivity contribution is 5.95. The van der Waals surface area contributed by atoms with Crippen LogP contribution in [0.3, 0.4) is 0 Å². The molecule has 1 aliphatic rings. The van der Waals surface area contributed by atoms with Crippen LogP contribution >= 0.6 is 0 Å². The number of aryl methyl sites for hydroxylation is 2. The van der Waals surface area contributed by atoms with Crippen molar-refractivity contribution in [2.75, 3.05) is 5.32 Å². The molecular formula is C25H25N7O2. The number of aliphatic hydroxyl groups is 1. The number of ether oxygens (including phenoxy) is 1. The van der Waals surface area contributed by atoms with Crippen molar-refractivity contribution in [3.63, 3.8) is 0 Å². The number of anilines is 1. The number of fused-ring (bicyclic) bond motifs is 1. The number of hydrogen-bond acceptors (Lipinski definition) is 6. The summed E-state index contributed by atoms with van der Waals surface area (Å²) in [6.45, 7) is 5.47. The van der Waals surface area contributed by atoms with Crippen molar-refractivity contribution < 1.29 is 9.84 Å². The largest absolute Gasteiger partial charge is 0.485 e. The number of benzene rings is 2. The van der Waals surface area contributed by atoms with Gasteiger partial charge >= 0.3 is 0 Å². The Kier molecular flexibility index (Phi) is 5.97. The van der Waals surface area contributed by atoms with E-state index in [0.29, 0.717) is 22.6 Å². The zero-order valence-electron chi connectivity index (χ0n) is 19.4.